The van der Waals surface area contributed by atoms with Crippen molar-refractivity contribution in [3.05, 3.63) is 0 Å². The molecule has 0 radical (unpaired) electrons. The summed E-state index contributed by atoms with van der Waals surface area (Å²) in [5.41, 5.74) is 0. The highest BCUT2D eigenvalue weighted by Crippen LogP contribution is 2.22. The van der Waals surface area contributed by atoms with Crippen molar-refractivity contribution in [1.82, 2.24) is 10.4 Å². The molecule has 0 aromatic heterocycles. The lowest BCUT2D eigenvalue weighted by Crippen LogP contribution is -2.40. The Morgan fingerprint density at radius 3 is 2.37 bits per heavy atom. The maximum absolute atomic E-state index is 12.0. The molecule has 1 rings (SSSR count). The average Bonchev–Trinajstić information content (AvgIpc) is 2.29. The molecule has 1 amide bonds. The summed E-state index contributed by atoms with van der Waals surface area (Å²) in [6, 6.07) is 0. The number of amides is 1. The molecule has 1 aliphatic heterocycles. The van der Waals surface area contributed by atoms with Crippen LogP contribution < -0.4 is 5.32 Å². The van der Waals surface area contributed by atoms with Crippen LogP contribution >= 0.6 is 0 Å². The van der Waals surface area contributed by atoms with Crippen molar-refractivity contribution in [2.45, 2.75) is 32.4 Å². The number of carbonyl (C=O) groups is 2. The van der Waals surface area contributed by atoms with Gasteiger partial charge in [-0.3, -0.25) is 4.79 Å². The number of halogens is 3. The number of nitrogens with one attached hydrogen (secondary N) is 1. The fourth-order valence-corrected chi connectivity index (χ4v) is 1.91. The van der Waals surface area contributed by atoms with Crippen LogP contribution in [0.1, 0.15) is 26.2 Å². The van der Waals surface area contributed by atoms with Gasteiger partial charge >= 0.3 is 12.1 Å². The molecule has 1 heterocycles. The molecule has 0 atom stereocenters. The molecular formula is C11H17F3N2O3. The number of alkyl halides is 3. The molecule has 1 aliphatic rings. The number of nitrogens with zero attached hydrogens (tertiary/aromatic N) is 1. The van der Waals surface area contributed by atoms with Gasteiger partial charge in [0.25, 0.3) is 0 Å². The van der Waals surface area contributed by atoms with Crippen molar-refractivity contribution in [3.8, 4) is 0 Å². The van der Waals surface area contributed by atoms with E-state index in [1.54, 1.807) is 0 Å². The molecule has 1 saturated heterocycles. The van der Waals surface area contributed by atoms with E-state index in [9.17, 15) is 22.8 Å². The topological polar surface area (TPSA) is 58.6 Å². The maximum Gasteiger partial charge on any atom is 0.492 e. The molecule has 0 saturated carbocycles. The average molecular weight is 282 g/mol. The van der Waals surface area contributed by atoms with Crippen molar-refractivity contribution in [2.24, 2.45) is 5.92 Å². The van der Waals surface area contributed by atoms with Gasteiger partial charge in [0.05, 0.1) is 0 Å². The summed E-state index contributed by atoms with van der Waals surface area (Å²) in [6.07, 6.45) is -2.89. The van der Waals surface area contributed by atoms with Gasteiger partial charge in [-0.25, -0.2) is 4.79 Å². The smallest absolute Gasteiger partial charge is 0.361 e. The zero-order valence-corrected chi connectivity index (χ0v) is 10.6. The first-order chi connectivity index (χ1) is 8.79. The van der Waals surface area contributed by atoms with Crippen molar-refractivity contribution >= 4 is 11.9 Å². The predicted molar refractivity (Wildman–Crippen MR) is 59.7 cm³/mol. The van der Waals surface area contributed by atoms with Crippen LogP contribution in [0.5, 0.6) is 0 Å². The summed E-state index contributed by atoms with van der Waals surface area (Å²) in [7, 11) is 0. The minimum atomic E-state index is -4.96. The number of hydroxylamine groups is 2. The van der Waals surface area contributed by atoms with E-state index in [1.165, 1.54) is 6.92 Å². The third-order valence-corrected chi connectivity index (χ3v) is 2.94. The van der Waals surface area contributed by atoms with Crippen LogP contribution in [0.4, 0.5) is 13.2 Å². The fourth-order valence-electron chi connectivity index (χ4n) is 1.91. The molecular weight excluding hydrogens is 265 g/mol. The Labute approximate surface area is 109 Å². The third kappa shape index (κ3) is 5.91. The lowest BCUT2D eigenvalue weighted by molar-refractivity contribution is -0.242. The second-order valence-electron chi connectivity index (χ2n) is 4.52. The first kappa shape index (κ1) is 15.7. The molecule has 0 aromatic rings. The Morgan fingerprint density at radius 2 is 1.89 bits per heavy atom. The first-order valence-corrected chi connectivity index (χ1v) is 6.07. The van der Waals surface area contributed by atoms with Gasteiger partial charge in [-0.1, -0.05) is 0 Å². The van der Waals surface area contributed by atoms with Crippen LogP contribution in [0.25, 0.3) is 0 Å². The monoisotopic (exact) mass is 282 g/mol. The molecule has 0 bridgehead atoms. The van der Waals surface area contributed by atoms with Gasteiger partial charge < -0.3 is 10.2 Å². The molecule has 0 aromatic carbocycles. The highest BCUT2D eigenvalue weighted by atomic mass is 19.4. The second kappa shape index (κ2) is 6.74. The quantitative estimate of drug-likeness (QED) is 0.843. The SMILES string of the molecule is CC(=O)NCCC1CCN(OC(=O)C(F)(F)F)CC1. The standard InChI is InChI=1S/C11H17F3N2O3/c1-8(17)15-5-2-9-3-6-16(7-4-9)19-10(18)11(12,13)14/h9H,2-7H2,1H3,(H,15,17). The minimum absolute atomic E-state index is 0.100. The van der Waals surface area contributed by atoms with E-state index >= 15 is 0 Å². The lowest BCUT2D eigenvalue weighted by Gasteiger charge is -2.30. The number of hydrogen-bond acceptors (Lipinski definition) is 4. The van der Waals surface area contributed by atoms with Gasteiger partial charge in [0.15, 0.2) is 0 Å². The summed E-state index contributed by atoms with van der Waals surface area (Å²) in [5, 5.41) is 3.72. The summed E-state index contributed by atoms with van der Waals surface area (Å²) >= 11 is 0. The summed E-state index contributed by atoms with van der Waals surface area (Å²) in [5.74, 6) is -1.95. The molecule has 5 nitrogen and oxygen atoms in total. The third-order valence-electron chi connectivity index (χ3n) is 2.94. The Kier molecular flexibility index (Phi) is 5.59. The first-order valence-electron chi connectivity index (χ1n) is 6.07. The van der Waals surface area contributed by atoms with Gasteiger partial charge in [0.1, 0.15) is 0 Å². The van der Waals surface area contributed by atoms with E-state index in [-0.39, 0.29) is 19.0 Å². The molecule has 0 unspecified atom stereocenters. The normalized spacial score (nSPS) is 18.1. The van der Waals surface area contributed by atoms with E-state index < -0.39 is 12.1 Å². The van der Waals surface area contributed by atoms with Gasteiger partial charge in [-0.2, -0.15) is 13.2 Å². The number of hydrogen-bond donors (Lipinski definition) is 1. The molecule has 19 heavy (non-hydrogen) atoms. The minimum Gasteiger partial charge on any atom is -0.361 e. The van der Waals surface area contributed by atoms with E-state index in [0.717, 1.165) is 11.5 Å². The van der Waals surface area contributed by atoms with Crippen LogP contribution in [0.2, 0.25) is 0 Å². The Morgan fingerprint density at radius 1 is 1.32 bits per heavy atom. The van der Waals surface area contributed by atoms with E-state index in [1.807, 2.05) is 0 Å². The number of carbonyl (C=O) groups excluding carboxylic acids is 2. The van der Waals surface area contributed by atoms with E-state index in [0.29, 0.717) is 25.3 Å². The van der Waals surface area contributed by atoms with Gasteiger partial charge in [0, 0.05) is 26.6 Å². The van der Waals surface area contributed by atoms with Gasteiger partial charge in [-0.05, 0) is 25.2 Å². The molecule has 1 N–H and O–H groups in total. The zero-order chi connectivity index (χ0) is 14.5. The fraction of sp³-hybridized carbons (Fsp3) is 0.818. The van der Waals surface area contributed by atoms with Crippen LogP contribution in [-0.4, -0.2) is 42.8 Å². The highest BCUT2D eigenvalue weighted by Gasteiger charge is 2.42. The van der Waals surface area contributed by atoms with Crippen LogP contribution in [-0.2, 0) is 14.4 Å². The van der Waals surface area contributed by atoms with Gasteiger partial charge in [-0.15, -0.1) is 5.06 Å². The second-order valence-corrected chi connectivity index (χ2v) is 4.52. The lowest BCUT2D eigenvalue weighted by atomic mass is 9.94. The van der Waals surface area contributed by atoms with Crippen LogP contribution in [0.15, 0.2) is 0 Å². The number of rotatable bonds is 4. The maximum atomic E-state index is 12.0. The van der Waals surface area contributed by atoms with Crippen molar-refractivity contribution < 1.29 is 27.6 Å². The van der Waals surface area contributed by atoms with Crippen LogP contribution in [0, 0.1) is 5.92 Å². The van der Waals surface area contributed by atoms with Crippen molar-refractivity contribution in [2.75, 3.05) is 19.6 Å². The molecule has 0 spiro atoms. The Bertz CT molecular complexity index is 326. The number of piperidine rings is 1. The predicted octanol–water partition coefficient (Wildman–Crippen LogP) is 1.25. The van der Waals surface area contributed by atoms with Crippen molar-refractivity contribution in [1.29, 1.82) is 0 Å². The zero-order valence-electron chi connectivity index (χ0n) is 10.6. The molecule has 0 aliphatic carbocycles. The largest absolute Gasteiger partial charge is 0.492 e. The summed E-state index contributed by atoms with van der Waals surface area (Å²) in [4.78, 5) is 25.5. The van der Waals surface area contributed by atoms with Gasteiger partial charge in [0.2, 0.25) is 5.91 Å². The summed E-state index contributed by atoms with van der Waals surface area (Å²) < 4.78 is 35.9. The van der Waals surface area contributed by atoms with Crippen LogP contribution in [0.3, 0.4) is 0 Å². The van der Waals surface area contributed by atoms with E-state index in [2.05, 4.69) is 10.2 Å². The van der Waals surface area contributed by atoms with E-state index in [4.69, 9.17) is 0 Å². The Hall–Kier alpha value is -1.31. The molecule has 8 heteroatoms. The Balaban J connectivity index is 2.22. The molecule has 110 valence electrons. The molecule has 1 fully saturated rings. The highest BCUT2D eigenvalue weighted by molar-refractivity contribution is 5.75. The summed E-state index contributed by atoms with van der Waals surface area (Å²) in [6.45, 7) is 2.56. The van der Waals surface area contributed by atoms with Crippen molar-refractivity contribution in [3.63, 3.8) is 0 Å².